The molecule has 7 rings (SSSR count). The highest BCUT2D eigenvalue weighted by Gasteiger charge is 2.12. The zero-order valence-corrected chi connectivity index (χ0v) is 21.8. The Morgan fingerprint density at radius 3 is 1.68 bits per heavy atom. The van der Waals surface area contributed by atoms with Crippen LogP contribution >= 0.6 is 0 Å². The van der Waals surface area contributed by atoms with E-state index in [0.29, 0.717) is 5.82 Å². The molecule has 2 aromatic heterocycles. The van der Waals surface area contributed by atoms with Gasteiger partial charge in [0.05, 0.1) is 11.4 Å². The molecule has 7 aromatic rings. The van der Waals surface area contributed by atoms with Gasteiger partial charge in [0, 0.05) is 29.1 Å². The van der Waals surface area contributed by atoms with Crippen molar-refractivity contribution < 1.29 is 0 Å². The molecule has 3 heteroatoms. The van der Waals surface area contributed by atoms with Gasteiger partial charge in [0.2, 0.25) is 0 Å². The van der Waals surface area contributed by atoms with E-state index in [1.165, 1.54) is 33.0 Å². The molecule has 0 fully saturated rings. The minimum Gasteiger partial charge on any atom is -0.264 e. The lowest BCUT2D eigenvalue weighted by Crippen LogP contribution is -1.96. The monoisotopic (exact) mass is 511 g/mol. The van der Waals surface area contributed by atoms with Gasteiger partial charge in [0.1, 0.15) is 0 Å². The topological polar surface area (TPSA) is 38.7 Å². The molecule has 0 bridgehead atoms. The predicted molar refractivity (Wildman–Crippen MR) is 165 cm³/mol. The van der Waals surface area contributed by atoms with Crippen molar-refractivity contribution in [1.29, 1.82) is 0 Å². The van der Waals surface area contributed by atoms with Crippen LogP contribution in [0.1, 0.15) is 0 Å². The number of hydrogen-bond donors (Lipinski definition) is 0. The second-order valence-corrected chi connectivity index (χ2v) is 9.75. The van der Waals surface area contributed by atoms with Gasteiger partial charge in [-0.15, -0.1) is 0 Å². The molecule has 0 N–H and O–H groups in total. The van der Waals surface area contributed by atoms with E-state index >= 15 is 0 Å². The SMILES string of the molecule is c1ccc(-c2ccc(-c3cc(-c4ccc(-c5cccc6ccccc56)cc4)nc(-c4cccnc4)n3)cc2)cc1. The van der Waals surface area contributed by atoms with Crippen LogP contribution in [0.25, 0.3) is 66.9 Å². The Morgan fingerprint density at radius 2 is 0.975 bits per heavy atom. The molecule has 0 amide bonds. The van der Waals surface area contributed by atoms with Crippen LogP contribution in [0.4, 0.5) is 0 Å². The number of hydrogen-bond acceptors (Lipinski definition) is 3. The summed E-state index contributed by atoms with van der Waals surface area (Å²) in [6.45, 7) is 0. The van der Waals surface area contributed by atoms with Gasteiger partial charge in [0.15, 0.2) is 5.82 Å². The molecular formula is C37H25N3. The van der Waals surface area contributed by atoms with E-state index < -0.39 is 0 Å². The summed E-state index contributed by atoms with van der Waals surface area (Å²) >= 11 is 0. The molecule has 0 spiro atoms. The number of nitrogens with zero attached hydrogens (tertiary/aromatic N) is 3. The number of pyridine rings is 1. The normalized spacial score (nSPS) is 11.0. The fraction of sp³-hybridized carbons (Fsp3) is 0. The highest BCUT2D eigenvalue weighted by molar-refractivity contribution is 5.96. The highest BCUT2D eigenvalue weighted by Crippen LogP contribution is 2.32. The molecule has 0 saturated heterocycles. The van der Waals surface area contributed by atoms with Gasteiger partial charge >= 0.3 is 0 Å². The van der Waals surface area contributed by atoms with Crippen molar-refractivity contribution in [3.8, 4) is 56.2 Å². The Kier molecular flexibility index (Phi) is 6.15. The van der Waals surface area contributed by atoms with E-state index in [2.05, 4.69) is 126 Å². The smallest absolute Gasteiger partial charge is 0.161 e. The lowest BCUT2D eigenvalue weighted by molar-refractivity contribution is 1.17. The first-order valence-corrected chi connectivity index (χ1v) is 13.4. The van der Waals surface area contributed by atoms with Crippen LogP contribution in [0.15, 0.2) is 152 Å². The largest absolute Gasteiger partial charge is 0.264 e. The predicted octanol–water partition coefficient (Wildman–Crippen LogP) is 9.36. The molecule has 188 valence electrons. The molecule has 0 saturated carbocycles. The molecule has 2 heterocycles. The quantitative estimate of drug-likeness (QED) is 0.231. The van der Waals surface area contributed by atoms with Gasteiger partial charge in [-0.05, 0) is 51.2 Å². The Morgan fingerprint density at radius 1 is 0.400 bits per heavy atom. The van der Waals surface area contributed by atoms with Gasteiger partial charge in [-0.3, -0.25) is 4.98 Å². The van der Waals surface area contributed by atoms with Crippen LogP contribution in [0.2, 0.25) is 0 Å². The van der Waals surface area contributed by atoms with E-state index in [0.717, 1.165) is 28.1 Å². The summed E-state index contributed by atoms with van der Waals surface area (Å²) in [4.78, 5) is 14.2. The number of fused-ring (bicyclic) bond motifs is 1. The van der Waals surface area contributed by atoms with Crippen molar-refractivity contribution in [2.75, 3.05) is 0 Å². The van der Waals surface area contributed by atoms with Crippen LogP contribution in [0.5, 0.6) is 0 Å². The fourth-order valence-corrected chi connectivity index (χ4v) is 5.13. The van der Waals surface area contributed by atoms with Crippen molar-refractivity contribution in [2.45, 2.75) is 0 Å². The van der Waals surface area contributed by atoms with Crippen LogP contribution < -0.4 is 0 Å². The third kappa shape index (κ3) is 4.65. The minimum atomic E-state index is 0.658. The third-order valence-corrected chi connectivity index (χ3v) is 7.21. The summed E-state index contributed by atoms with van der Waals surface area (Å²) in [5.74, 6) is 0.658. The maximum absolute atomic E-state index is 4.97. The van der Waals surface area contributed by atoms with Crippen molar-refractivity contribution in [3.63, 3.8) is 0 Å². The van der Waals surface area contributed by atoms with E-state index in [-0.39, 0.29) is 0 Å². The van der Waals surface area contributed by atoms with Gasteiger partial charge in [-0.25, -0.2) is 9.97 Å². The van der Waals surface area contributed by atoms with E-state index in [9.17, 15) is 0 Å². The molecule has 0 atom stereocenters. The minimum absolute atomic E-state index is 0.658. The third-order valence-electron chi connectivity index (χ3n) is 7.21. The molecule has 0 radical (unpaired) electrons. The molecule has 0 aliphatic rings. The van der Waals surface area contributed by atoms with Gasteiger partial charge < -0.3 is 0 Å². The summed E-state index contributed by atoms with van der Waals surface area (Å²) in [5.41, 5.74) is 9.50. The summed E-state index contributed by atoms with van der Waals surface area (Å²) in [6, 6.07) is 48.6. The summed E-state index contributed by atoms with van der Waals surface area (Å²) in [7, 11) is 0. The molecule has 0 unspecified atom stereocenters. The van der Waals surface area contributed by atoms with Crippen molar-refractivity contribution in [3.05, 3.63) is 152 Å². The Labute approximate surface area is 233 Å². The Bertz CT molecular complexity index is 1910. The molecule has 40 heavy (non-hydrogen) atoms. The van der Waals surface area contributed by atoms with E-state index in [4.69, 9.17) is 9.97 Å². The van der Waals surface area contributed by atoms with Crippen LogP contribution in [-0.2, 0) is 0 Å². The highest BCUT2D eigenvalue weighted by atomic mass is 14.9. The molecule has 0 aliphatic carbocycles. The van der Waals surface area contributed by atoms with Crippen LogP contribution in [0, 0.1) is 0 Å². The summed E-state index contributed by atoms with van der Waals surface area (Å²) in [5, 5.41) is 2.49. The first-order valence-electron chi connectivity index (χ1n) is 13.4. The zero-order chi connectivity index (χ0) is 26.7. The van der Waals surface area contributed by atoms with Crippen molar-refractivity contribution in [1.82, 2.24) is 15.0 Å². The number of aromatic nitrogens is 3. The van der Waals surface area contributed by atoms with Gasteiger partial charge in [0.25, 0.3) is 0 Å². The maximum Gasteiger partial charge on any atom is 0.161 e. The number of rotatable bonds is 5. The average molecular weight is 512 g/mol. The van der Waals surface area contributed by atoms with Crippen LogP contribution in [-0.4, -0.2) is 15.0 Å². The summed E-state index contributed by atoms with van der Waals surface area (Å²) < 4.78 is 0. The summed E-state index contributed by atoms with van der Waals surface area (Å²) in [6.07, 6.45) is 3.58. The zero-order valence-electron chi connectivity index (χ0n) is 21.8. The Balaban J connectivity index is 1.29. The van der Waals surface area contributed by atoms with E-state index in [1.807, 2.05) is 24.4 Å². The fourth-order valence-electron chi connectivity index (χ4n) is 5.13. The lowest BCUT2D eigenvalue weighted by atomic mass is 9.97. The Hall–Kier alpha value is -5.41. The van der Waals surface area contributed by atoms with Crippen molar-refractivity contribution in [2.24, 2.45) is 0 Å². The lowest BCUT2D eigenvalue weighted by Gasteiger charge is -2.11. The molecule has 3 nitrogen and oxygen atoms in total. The first kappa shape index (κ1) is 23.7. The second kappa shape index (κ2) is 10.4. The molecule has 5 aromatic carbocycles. The van der Waals surface area contributed by atoms with Crippen LogP contribution in [0.3, 0.4) is 0 Å². The standard InChI is InChI=1S/C37H25N3/c1-2-8-26(9-3-1)27-15-19-30(20-16-27)35-24-36(40-37(39-35)32-12-7-23-38-25-32)31-21-17-29(18-22-31)34-14-6-11-28-10-4-5-13-33(28)34/h1-25H. The second-order valence-electron chi connectivity index (χ2n) is 9.75. The number of benzene rings is 5. The van der Waals surface area contributed by atoms with Gasteiger partial charge in [-0.1, -0.05) is 121 Å². The first-order chi connectivity index (χ1) is 19.8. The maximum atomic E-state index is 4.97. The van der Waals surface area contributed by atoms with Crippen molar-refractivity contribution >= 4 is 10.8 Å². The molecular weight excluding hydrogens is 486 g/mol. The van der Waals surface area contributed by atoms with Gasteiger partial charge in [-0.2, -0.15) is 0 Å². The molecule has 0 aliphatic heterocycles. The average Bonchev–Trinajstić information content (AvgIpc) is 3.05. The van der Waals surface area contributed by atoms with E-state index in [1.54, 1.807) is 6.20 Å².